The predicted molar refractivity (Wildman–Crippen MR) is 102 cm³/mol. The smallest absolute Gasteiger partial charge is 0.317 e. The molecule has 0 saturated heterocycles. The minimum atomic E-state index is -0.780. The molecule has 26 heavy (non-hydrogen) atoms. The van der Waals surface area contributed by atoms with Gasteiger partial charge in [0, 0.05) is 29.2 Å². The Labute approximate surface area is 159 Å². The number of carboxylic acids is 1. The molecular weight excluding hydrogens is 352 g/mol. The van der Waals surface area contributed by atoms with Crippen molar-refractivity contribution in [2.45, 2.75) is 57.5 Å². The summed E-state index contributed by atoms with van der Waals surface area (Å²) >= 11 is 6.28. The molecule has 142 valence electrons. The summed E-state index contributed by atoms with van der Waals surface area (Å²) in [5, 5.41) is 12.8. The molecule has 1 aromatic rings. The second-order valence-electron chi connectivity index (χ2n) is 7.95. The topological polar surface area (TPSA) is 69.6 Å². The number of amides is 1. The van der Waals surface area contributed by atoms with Crippen molar-refractivity contribution in [1.29, 1.82) is 0 Å². The number of nitrogens with zero attached hydrogens (tertiary/aromatic N) is 1. The molecule has 1 aromatic carbocycles. The summed E-state index contributed by atoms with van der Waals surface area (Å²) in [7, 11) is 0. The number of carbonyl (C=O) groups excluding carboxylic acids is 1. The molecular formula is C20H27ClN2O3. The Morgan fingerprint density at radius 2 is 2.00 bits per heavy atom. The average molecular weight is 379 g/mol. The van der Waals surface area contributed by atoms with Crippen LogP contribution in [0.1, 0.15) is 61.4 Å². The van der Waals surface area contributed by atoms with Crippen LogP contribution in [0.5, 0.6) is 0 Å². The summed E-state index contributed by atoms with van der Waals surface area (Å²) < 4.78 is 0. The first kappa shape index (κ1) is 19.2. The number of benzene rings is 1. The molecule has 2 N–H and O–H groups in total. The highest BCUT2D eigenvalue weighted by Gasteiger charge is 2.37. The van der Waals surface area contributed by atoms with E-state index in [-0.39, 0.29) is 24.5 Å². The van der Waals surface area contributed by atoms with E-state index in [1.54, 1.807) is 6.07 Å². The molecule has 3 rings (SSSR count). The third-order valence-corrected chi connectivity index (χ3v) is 5.70. The third kappa shape index (κ3) is 4.77. The van der Waals surface area contributed by atoms with Gasteiger partial charge in [-0.05, 0) is 55.2 Å². The van der Waals surface area contributed by atoms with Gasteiger partial charge in [0.2, 0.25) is 0 Å². The molecule has 0 radical (unpaired) electrons. The molecule has 6 heteroatoms. The maximum absolute atomic E-state index is 12.4. The second kappa shape index (κ2) is 7.97. The summed E-state index contributed by atoms with van der Waals surface area (Å²) in [6.07, 6.45) is 4.03. The van der Waals surface area contributed by atoms with Crippen molar-refractivity contribution >= 4 is 23.5 Å². The minimum absolute atomic E-state index is 0.0914. The highest BCUT2D eigenvalue weighted by Crippen LogP contribution is 2.34. The van der Waals surface area contributed by atoms with Gasteiger partial charge in [-0.1, -0.05) is 31.5 Å². The number of carbonyl (C=O) groups is 2. The van der Waals surface area contributed by atoms with Crippen LogP contribution in [-0.4, -0.2) is 47.1 Å². The van der Waals surface area contributed by atoms with Crippen LogP contribution >= 0.6 is 11.6 Å². The SMILES string of the molecule is CC(C)c1ccc(C(=O)NC2CC(N(CC(=O)O)CC3CC3)C2)cc1Cl. The Morgan fingerprint density at radius 1 is 1.31 bits per heavy atom. The van der Waals surface area contributed by atoms with Gasteiger partial charge in [0.05, 0.1) is 6.54 Å². The van der Waals surface area contributed by atoms with Crippen molar-refractivity contribution in [2.24, 2.45) is 5.92 Å². The summed E-state index contributed by atoms with van der Waals surface area (Å²) in [5.41, 5.74) is 1.61. The Balaban J connectivity index is 1.52. The van der Waals surface area contributed by atoms with E-state index >= 15 is 0 Å². The van der Waals surface area contributed by atoms with Crippen molar-refractivity contribution in [3.8, 4) is 0 Å². The van der Waals surface area contributed by atoms with Crippen LogP contribution in [0.2, 0.25) is 5.02 Å². The zero-order valence-electron chi connectivity index (χ0n) is 15.4. The number of hydrogen-bond acceptors (Lipinski definition) is 3. The van der Waals surface area contributed by atoms with Crippen LogP contribution in [-0.2, 0) is 4.79 Å². The van der Waals surface area contributed by atoms with Gasteiger partial charge in [-0.3, -0.25) is 14.5 Å². The molecule has 1 amide bonds. The zero-order chi connectivity index (χ0) is 18.8. The zero-order valence-corrected chi connectivity index (χ0v) is 16.1. The van der Waals surface area contributed by atoms with E-state index in [9.17, 15) is 9.59 Å². The van der Waals surface area contributed by atoms with Crippen LogP contribution in [0.3, 0.4) is 0 Å². The first-order chi connectivity index (χ1) is 12.3. The Bertz CT molecular complexity index is 682. The summed E-state index contributed by atoms with van der Waals surface area (Å²) in [4.78, 5) is 25.6. The van der Waals surface area contributed by atoms with Gasteiger partial charge in [0.15, 0.2) is 0 Å². The van der Waals surface area contributed by atoms with Gasteiger partial charge in [-0.25, -0.2) is 0 Å². The molecule has 0 aliphatic heterocycles. The molecule has 2 aliphatic carbocycles. The standard InChI is InChI=1S/C20H27ClN2O3/c1-12(2)17-6-5-14(7-18(17)21)20(26)22-15-8-16(9-15)23(11-19(24)25)10-13-3-4-13/h5-7,12-13,15-16H,3-4,8-11H2,1-2H3,(H,22,26)(H,24,25). The third-order valence-electron chi connectivity index (χ3n) is 5.38. The lowest BCUT2D eigenvalue weighted by Gasteiger charge is -2.42. The molecule has 0 unspecified atom stereocenters. The molecule has 0 aromatic heterocycles. The quantitative estimate of drug-likeness (QED) is 0.726. The fourth-order valence-corrected chi connectivity index (χ4v) is 3.96. The summed E-state index contributed by atoms with van der Waals surface area (Å²) in [6, 6.07) is 5.81. The van der Waals surface area contributed by atoms with Crippen LogP contribution in [0.4, 0.5) is 0 Å². The number of rotatable bonds is 8. The highest BCUT2D eigenvalue weighted by atomic mass is 35.5. The fraction of sp³-hybridized carbons (Fsp3) is 0.600. The first-order valence-electron chi connectivity index (χ1n) is 9.39. The predicted octanol–water partition coefficient (Wildman–Crippen LogP) is 3.52. The van der Waals surface area contributed by atoms with Crippen molar-refractivity contribution in [3.05, 3.63) is 34.3 Å². The van der Waals surface area contributed by atoms with Gasteiger partial charge >= 0.3 is 5.97 Å². The van der Waals surface area contributed by atoms with Gasteiger partial charge in [0.1, 0.15) is 0 Å². The largest absolute Gasteiger partial charge is 0.480 e. The van der Waals surface area contributed by atoms with E-state index in [2.05, 4.69) is 24.1 Å². The van der Waals surface area contributed by atoms with Gasteiger partial charge in [-0.2, -0.15) is 0 Å². The molecule has 2 fully saturated rings. The van der Waals surface area contributed by atoms with Crippen molar-refractivity contribution in [3.63, 3.8) is 0 Å². The second-order valence-corrected chi connectivity index (χ2v) is 8.36. The summed E-state index contributed by atoms with van der Waals surface area (Å²) in [5.74, 6) is 0.0824. The lowest BCUT2D eigenvalue weighted by Crippen LogP contribution is -2.55. The Hall–Kier alpha value is -1.59. The van der Waals surface area contributed by atoms with Crippen LogP contribution in [0, 0.1) is 5.92 Å². The van der Waals surface area contributed by atoms with Gasteiger partial charge < -0.3 is 10.4 Å². The maximum Gasteiger partial charge on any atom is 0.317 e. The molecule has 0 heterocycles. The van der Waals surface area contributed by atoms with E-state index in [0.717, 1.165) is 24.9 Å². The molecule has 2 aliphatic rings. The van der Waals surface area contributed by atoms with Crippen LogP contribution < -0.4 is 5.32 Å². The van der Waals surface area contributed by atoms with Gasteiger partial charge in [0.25, 0.3) is 5.91 Å². The highest BCUT2D eigenvalue weighted by molar-refractivity contribution is 6.31. The molecule has 5 nitrogen and oxygen atoms in total. The lowest BCUT2D eigenvalue weighted by atomic mass is 9.85. The Kier molecular flexibility index (Phi) is 5.88. The number of carboxylic acid groups (broad SMARTS) is 1. The van der Waals surface area contributed by atoms with Crippen molar-refractivity contribution in [2.75, 3.05) is 13.1 Å². The maximum atomic E-state index is 12.4. The minimum Gasteiger partial charge on any atom is -0.480 e. The molecule has 0 atom stereocenters. The van der Waals surface area contributed by atoms with Crippen molar-refractivity contribution < 1.29 is 14.7 Å². The monoisotopic (exact) mass is 378 g/mol. The van der Waals surface area contributed by atoms with Crippen LogP contribution in [0.25, 0.3) is 0 Å². The average Bonchev–Trinajstić information content (AvgIpc) is 3.32. The number of nitrogens with one attached hydrogen (secondary N) is 1. The number of hydrogen-bond donors (Lipinski definition) is 2. The number of aliphatic carboxylic acids is 1. The van der Waals surface area contributed by atoms with Crippen LogP contribution in [0.15, 0.2) is 18.2 Å². The lowest BCUT2D eigenvalue weighted by molar-refractivity contribution is -0.139. The van der Waals surface area contributed by atoms with E-state index in [4.69, 9.17) is 16.7 Å². The normalized spacial score (nSPS) is 22.3. The molecule has 2 saturated carbocycles. The van der Waals surface area contributed by atoms with E-state index in [1.165, 1.54) is 12.8 Å². The van der Waals surface area contributed by atoms with Crippen molar-refractivity contribution in [1.82, 2.24) is 10.2 Å². The first-order valence-corrected chi connectivity index (χ1v) is 9.77. The summed E-state index contributed by atoms with van der Waals surface area (Å²) in [6.45, 7) is 5.10. The number of halogens is 1. The Morgan fingerprint density at radius 3 is 2.54 bits per heavy atom. The fourth-order valence-electron chi connectivity index (χ4n) is 3.56. The van der Waals surface area contributed by atoms with Gasteiger partial charge in [-0.15, -0.1) is 0 Å². The van der Waals surface area contributed by atoms with E-state index < -0.39 is 5.97 Å². The van der Waals surface area contributed by atoms with E-state index in [0.29, 0.717) is 22.4 Å². The van der Waals surface area contributed by atoms with E-state index in [1.807, 2.05) is 12.1 Å². The molecule has 0 bridgehead atoms. The molecule has 0 spiro atoms.